The Labute approximate surface area is 167 Å². The van der Waals surface area contributed by atoms with E-state index in [1.165, 1.54) is 5.56 Å². The van der Waals surface area contributed by atoms with Crippen LogP contribution in [0.4, 0.5) is 5.95 Å². The van der Waals surface area contributed by atoms with Gasteiger partial charge in [0.05, 0.1) is 11.6 Å². The number of aromatic nitrogens is 4. The Bertz CT molecular complexity index is 1030. The molecule has 0 saturated carbocycles. The first-order valence-electron chi connectivity index (χ1n) is 9.33. The maximum Gasteiger partial charge on any atom is 0.227 e. The minimum atomic E-state index is -0.287. The third-order valence-electron chi connectivity index (χ3n) is 5.09. The third kappa shape index (κ3) is 3.11. The van der Waals surface area contributed by atoms with E-state index in [1.807, 2.05) is 41.1 Å². The lowest BCUT2D eigenvalue weighted by Crippen LogP contribution is -2.39. The van der Waals surface area contributed by atoms with Crippen molar-refractivity contribution >= 4 is 23.5 Å². The lowest BCUT2D eigenvalue weighted by molar-refractivity contribution is -0.123. The smallest absolute Gasteiger partial charge is 0.227 e. The van der Waals surface area contributed by atoms with Crippen LogP contribution < -0.4 is 5.32 Å². The highest BCUT2D eigenvalue weighted by Gasteiger charge is 2.42. The molecule has 0 spiro atoms. The molecule has 1 N–H and O–H groups in total. The predicted octanol–water partition coefficient (Wildman–Crippen LogP) is 3.84. The summed E-state index contributed by atoms with van der Waals surface area (Å²) in [5, 5.41) is 8.77. The molecule has 1 aliphatic heterocycles. The van der Waals surface area contributed by atoms with Crippen molar-refractivity contribution in [2.45, 2.75) is 29.8 Å². The Morgan fingerprint density at radius 3 is 2.82 bits per heavy atom. The van der Waals surface area contributed by atoms with Crippen LogP contribution in [0.5, 0.6) is 0 Å². The number of rotatable bonds is 4. The maximum absolute atomic E-state index is 12.8. The van der Waals surface area contributed by atoms with Gasteiger partial charge in [0.2, 0.25) is 11.1 Å². The lowest BCUT2D eigenvalue weighted by Gasteiger charge is -2.35. The summed E-state index contributed by atoms with van der Waals surface area (Å²) in [6.45, 7) is 0. The van der Waals surface area contributed by atoms with E-state index in [9.17, 15) is 4.79 Å². The van der Waals surface area contributed by atoms with Crippen molar-refractivity contribution in [2.24, 2.45) is 5.92 Å². The van der Waals surface area contributed by atoms with Gasteiger partial charge < -0.3 is 5.32 Å². The normalized spacial score (nSPS) is 20.7. The van der Waals surface area contributed by atoms with Crippen molar-refractivity contribution in [3.8, 4) is 0 Å². The highest BCUT2D eigenvalue weighted by Crippen LogP contribution is 2.41. The van der Waals surface area contributed by atoms with Crippen LogP contribution in [0.3, 0.4) is 0 Å². The fourth-order valence-corrected chi connectivity index (χ4v) is 4.57. The molecule has 6 nitrogen and oxygen atoms in total. The zero-order chi connectivity index (χ0) is 18.9. The fraction of sp³-hybridized carbons (Fsp3) is 0.238. The van der Waals surface area contributed by atoms with Crippen LogP contribution in [0.1, 0.15) is 30.1 Å². The minimum absolute atomic E-state index is 0.222. The first-order chi connectivity index (χ1) is 13.8. The standard InChI is InChI=1S/C21H19N5OS/c27-17-11-6-10-15-18(17)19(16-9-4-5-12-22-16)26-20(23-15)24-21(25-26)28-13-14-7-2-1-3-8-14/h1-5,7-10,12,18-19H,6,11,13H2,(H,23,24,25)/t18-,19-/m1/s1. The Balaban J connectivity index is 1.51. The van der Waals surface area contributed by atoms with E-state index in [2.05, 4.69) is 33.5 Å². The second kappa shape index (κ2) is 7.24. The highest BCUT2D eigenvalue weighted by molar-refractivity contribution is 7.98. The van der Waals surface area contributed by atoms with E-state index in [-0.39, 0.29) is 17.7 Å². The number of pyridine rings is 1. The SMILES string of the molecule is O=C1CCC=C2Nc3nc(SCc4ccccc4)nn3[C@H](c3ccccn3)[C@@H]12. The Hall–Kier alpha value is -2.93. The summed E-state index contributed by atoms with van der Waals surface area (Å²) in [4.78, 5) is 22.0. The minimum Gasteiger partial charge on any atom is -0.328 e. The first kappa shape index (κ1) is 17.2. The highest BCUT2D eigenvalue weighted by atomic mass is 32.2. The molecule has 1 aromatic carbocycles. The molecule has 0 saturated heterocycles. The Morgan fingerprint density at radius 1 is 1.14 bits per heavy atom. The zero-order valence-electron chi connectivity index (χ0n) is 15.2. The number of allylic oxidation sites excluding steroid dienone is 2. The van der Waals surface area contributed by atoms with Gasteiger partial charge in [0.25, 0.3) is 0 Å². The molecule has 0 amide bonds. The number of thioether (sulfide) groups is 1. The molecule has 28 heavy (non-hydrogen) atoms. The number of fused-ring (bicyclic) bond motifs is 2. The van der Waals surface area contributed by atoms with Crippen molar-refractivity contribution in [3.05, 3.63) is 77.8 Å². The quantitative estimate of drug-likeness (QED) is 0.684. The maximum atomic E-state index is 12.8. The molecule has 7 heteroatoms. The summed E-state index contributed by atoms with van der Waals surface area (Å²) in [6, 6.07) is 15.8. The zero-order valence-corrected chi connectivity index (χ0v) is 16.0. The van der Waals surface area contributed by atoms with Crippen LogP contribution in [-0.4, -0.2) is 25.5 Å². The van der Waals surface area contributed by atoms with E-state index in [0.717, 1.165) is 23.6 Å². The number of benzene rings is 1. The monoisotopic (exact) mass is 389 g/mol. The van der Waals surface area contributed by atoms with Crippen LogP contribution in [0.25, 0.3) is 0 Å². The second-order valence-corrected chi connectivity index (χ2v) is 7.85. The molecule has 1 aliphatic carbocycles. The molecular formula is C21H19N5OS. The summed E-state index contributed by atoms with van der Waals surface area (Å²) < 4.78 is 1.83. The number of carbonyl (C=O) groups excluding carboxylic acids is 1. The second-order valence-electron chi connectivity index (χ2n) is 6.90. The van der Waals surface area contributed by atoms with Gasteiger partial charge in [-0.05, 0) is 24.1 Å². The van der Waals surface area contributed by atoms with Gasteiger partial charge in [0.1, 0.15) is 11.8 Å². The van der Waals surface area contributed by atoms with Crippen molar-refractivity contribution in [2.75, 3.05) is 5.32 Å². The van der Waals surface area contributed by atoms with Gasteiger partial charge >= 0.3 is 0 Å². The first-order valence-corrected chi connectivity index (χ1v) is 10.3. The van der Waals surface area contributed by atoms with E-state index < -0.39 is 0 Å². The van der Waals surface area contributed by atoms with Crippen LogP contribution in [0.15, 0.2) is 71.7 Å². The predicted molar refractivity (Wildman–Crippen MR) is 108 cm³/mol. The molecule has 0 bridgehead atoms. The average Bonchev–Trinajstić information content (AvgIpc) is 3.15. The van der Waals surface area contributed by atoms with Crippen molar-refractivity contribution in [1.29, 1.82) is 0 Å². The summed E-state index contributed by atoms with van der Waals surface area (Å²) in [5.74, 6) is 1.40. The number of hydrogen-bond donors (Lipinski definition) is 1. The molecular weight excluding hydrogens is 370 g/mol. The number of ketones is 1. The molecule has 140 valence electrons. The molecule has 3 aromatic rings. The lowest BCUT2D eigenvalue weighted by atomic mass is 9.82. The molecule has 0 radical (unpaired) electrons. The van der Waals surface area contributed by atoms with Crippen molar-refractivity contribution in [3.63, 3.8) is 0 Å². The van der Waals surface area contributed by atoms with Crippen LogP contribution in [-0.2, 0) is 10.5 Å². The summed E-state index contributed by atoms with van der Waals surface area (Å²) >= 11 is 1.59. The molecule has 0 fully saturated rings. The largest absolute Gasteiger partial charge is 0.328 e. The van der Waals surface area contributed by atoms with Crippen molar-refractivity contribution in [1.82, 2.24) is 19.7 Å². The van der Waals surface area contributed by atoms with E-state index in [0.29, 0.717) is 17.5 Å². The third-order valence-corrected chi connectivity index (χ3v) is 5.99. The molecule has 5 rings (SSSR count). The van der Waals surface area contributed by atoms with Crippen LogP contribution in [0.2, 0.25) is 0 Å². The number of nitrogens with zero attached hydrogens (tertiary/aromatic N) is 4. The topological polar surface area (TPSA) is 72.7 Å². The number of hydrogen-bond acceptors (Lipinski definition) is 6. The molecule has 3 heterocycles. The molecule has 2 aromatic heterocycles. The van der Waals surface area contributed by atoms with E-state index >= 15 is 0 Å². The summed E-state index contributed by atoms with van der Waals surface area (Å²) in [7, 11) is 0. The van der Waals surface area contributed by atoms with Crippen LogP contribution in [0, 0.1) is 5.92 Å². The van der Waals surface area contributed by atoms with Crippen molar-refractivity contribution < 1.29 is 4.79 Å². The van der Waals surface area contributed by atoms with Crippen LogP contribution >= 0.6 is 11.8 Å². The fourth-order valence-electron chi connectivity index (χ4n) is 3.78. The molecule has 2 aliphatic rings. The Kier molecular flexibility index (Phi) is 4.44. The van der Waals surface area contributed by atoms with Gasteiger partial charge in [0.15, 0.2) is 0 Å². The van der Waals surface area contributed by atoms with E-state index in [4.69, 9.17) is 5.10 Å². The van der Waals surface area contributed by atoms with Gasteiger partial charge in [-0.15, -0.1) is 5.10 Å². The van der Waals surface area contributed by atoms with E-state index in [1.54, 1.807) is 18.0 Å². The molecule has 0 unspecified atom stereocenters. The average molecular weight is 389 g/mol. The van der Waals surface area contributed by atoms with Gasteiger partial charge in [-0.25, -0.2) is 4.68 Å². The number of carbonyl (C=O) groups is 1. The van der Waals surface area contributed by atoms with Gasteiger partial charge in [-0.3, -0.25) is 9.78 Å². The van der Waals surface area contributed by atoms with Gasteiger partial charge in [-0.1, -0.05) is 54.2 Å². The Morgan fingerprint density at radius 2 is 2.00 bits per heavy atom. The number of Topliss-reactive ketones (excluding diaryl/α,β-unsaturated/α-hetero) is 1. The van der Waals surface area contributed by atoms with Gasteiger partial charge in [0, 0.05) is 24.1 Å². The number of nitrogens with one attached hydrogen (secondary N) is 1. The van der Waals surface area contributed by atoms with Gasteiger partial charge in [-0.2, -0.15) is 4.98 Å². The number of anilines is 1. The summed E-state index contributed by atoms with van der Waals surface area (Å²) in [6.07, 6.45) is 5.18. The molecule has 2 atom stereocenters. The summed E-state index contributed by atoms with van der Waals surface area (Å²) in [5.41, 5.74) is 2.98.